The van der Waals surface area contributed by atoms with Crippen LogP contribution < -0.4 is 5.32 Å². The number of rotatable bonds is 5. The molecular weight excluding hydrogens is 200 g/mol. The molecule has 0 saturated heterocycles. The Labute approximate surface area is 97.8 Å². The van der Waals surface area contributed by atoms with Crippen LogP contribution in [0.3, 0.4) is 0 Å². The third-order valence-corrected chi connectivity index (χ3v) is 3.50. The van der Waals surface area contributed by atoms with Crippen molar-refractivity contribution in [1.82, 2.24) is 9.88 Å². The first-order chi connectivity index (χ1) is 7.83. The molecule has 1 N–H and O–H groups in total. The van der Waals surface area contributed by atoms with E-state index in [1.807, 2.05) is 7.11 Å². The quantitative estimate of drug-likeness (QED) is 0.826. The number of nitrogens with one attached hydrogen (secondary N) is 1. The average molecular weight is 222 g/mol. The highest BCUT2D eigenvalue weighted by Crippen LogP contribution is 2.21. The lowest BCUT2D eigenvalue weighted by atomic mass is 10.2. The second kappa shape index (κ2) is 5.51. The van der Waals surface area contributed by atoms with Crippen molar-refractivity contribution in [3.63, 3.8) is 0 Å². The fourth-order valence-corrected chi connectivity index (χ4v) is 2.48. The summed E-state index contributed by atoms with van der Waals surface area (Å²) in [5.74, 6) is 0. The molecule has 90 valence electrons. The van der Waals surface area contributed by atoms with Crippen LogP contribution in [0.25, 0.3) is 0 Å². The summed E-state index contributed by atoms with van der Waals surface area (Å²) in [7, 11) is 1.82. The SMILES string of the molecule is CCn1ccc(CNC2CCCC2OC)c1. The van der Waals surface area contributed by atoms with Gasteiger partial charge in [0.2, 0.25) is 0 Å². The molecule has 2 rings (SSSR count). The predicted molar refractivity (Wildman–Crippen MR) is 65.4 cm³/mol. The van der Waals surface area contributed by atoms with Gasteiger partial charge in [0.25, 0.3) is 0 Å². The Morgan fingerprint density at radius 2 is 2.38 bits per heavy atom. The number of ether oxygens (including phenoxy) is 1. The molecule has 3 nitrogen and oxygen atoms in total. The van der Waals surface area contributed by atoms with Crippen molar-refractivity contribution in [2.45, 2.75) is 51.4 Å². The first-order valence-electron chi connectivity index (χ1n) is 6.24. The molecule has 1 fully saturated rings. The summed E-state index contributed by atoms with van der Waals surface area (Å²) in [4.78, 5) is 0. The van der Waals surface area contributed by atoms with Crippen molar-refractivity contribution in [2.24, 2.45) is 0 Å². The summed E-state index contributed by atoms with van der Waals surface area (Å²) in [5.41, 5.74) is 1.36. The van der Waals surface area contributed by atoms with Crippen LogP contribution in [0.15, 0.2) is 18.5 Å². The normalized spacial score (nSPS) is 25.1. The zero-order valence-corrected chi connectivity index (χ0v) is 10.3. The molecule has 0 aromatic carbocycles. The fraction of sp³-hybridized carbons (Fsp3) is 0.692. The first-order valence-corrected chi connectivity index (χ1v) is 6.24. The number of aromatic nitrogens is 1. The fourth-order valence-electron chi connectivity index (χ4n) is 2.48. The minimum Gasteiger partial charge on any atom is -0.380 e. The van der Waals surface area contributed by atoms with Gasteiger partial charge in [-0.15, -0.1) is 0 Å². The summed E-state index contributed by atoms with van der Waals surface area (Å²) in [5, 5.41) is 3.60. The molecule has 1 heterocycles. The predicted octanol–water partition coefficient (Wildman–Crippen LogP) is 2.17. The largest absolute Gasteiger partial charge is 0.380 e. The maximum Gasteiger partial charge on any atom is 0.0724 e. The lowest BCUT2D eigenvalue weighted by molar-refractivity contribution is 0.0847. The Kier molecular flexibility index (Phi) is 4.02. The van der Waals surface area contributed by atoms with Gasteiger partial charge < -0.3 is 14.6 Å². The third kappa shape index (κ3) is 2.66. The molecule has 1 aliphatic rings. The van der Waals surface area contributed by atoms with E-state index in [1.54, 1.807) is 0 Å². The molecule has 0 radical (unpaired) electrons. The third-order valence-electron chi connectivity index (χ3n) is 3.50. The van der Waals surface area contributed by atoms with E-state index in [0.717, 1.165) is 13.1 Å². The maximum absolute atomic E-state index is 5.47. The van der Waals surface area contributed by atoms with Gasteiger partial charge in [0.05, 0.1) is 6.10 Å². The molecule has 1 aliphatic carbocycles. The molecule has 3 heteroatoms. The van der Waals surface area contributed by atoms with E-state index in [9.17, 15) is 0 Å². The van der Waals surface area contributed by atoms with E-state index in [-0.39, 0.29) is 0 Å². The van der Waals surface area contributed by atoms with Gasteiger partial charge in [0.15, 0.2) is 0 Å². The Morgan fingerprint density at radius 1 is 1.50 bits per heavy atom. The van der Waals surface area contributed by atoms with Gasteiger partial charge >= 0.3 is 0 Å². The lowest BCUT2D eigenvalue weighted by Crippen LogP contribution is -2.36. The molecule has 2 atom stereocenters. The van der Waals surface area contributed by atoms with E-state index in [1.165, 1.54) is 24.8 Å². The molecule has 0 aliphatic heterocycles. The molecule has 0 spiro atoms. The minimum atomic E-state index is 0.410. The zero-order valence-electron chi connectivity index (χ0n) is 10.3. The Morgan fingerprint density at radius 3 is 3.06 bits per heavy atom. The van der Waals surface area contributed by atoms with Crippen LogP contribution in [0.5, 0.6) is 0 Å². The summed E-state index contributed by atoms with van der Waals surface area (Å²) >= 11 is 0. The van der Waals surface area contributed by atoms with Gasteiger partial charge in [-0.25, -0.2) is 0 Å². The Balaban J connectivity index is 1.82. The van der Waals surface area contributed by atoms with Gasteiger partial charge in [-0.3, -0.25) is 0 Å². The van der Waals surface area contributed by atoms with Crippen molar-refractivity contribution in [3.8, 4) is 0 Å². The van der Waals surface area contributed by atoms with E-state index >= 15 is 0 Å². The maximum atomic E-state index is 5.47. The number of aryl methyl sites for hydroxylation is 1. The lowest BCUT2D eigenvalue weighted by Gasteiger charge is -2.19. The number of nitrogens with zero attached hydrogens (tertiary/aromatic N) is 1. The zero-order chi connectivity index (χ0) is 11.4. The second-order valence-corrected chi connectivity index (χ2v) is 4.54. The summed E-state index contributed by atoms with van der Waals surface area (Å²) < 4.78 is 7.68. The Hall–Kier alpha value is -0.800. The standard InChI is InChI=1S/C13H22N2O/c1-3-15-8-7-11(10-15)9-14-12-5-4-6-13(12)16-2/h7-8,10,12-14H,3-6,9H2,1-2H3. The highest BCUT2D eigenvalue weighted by atomic mass is 16.5. The van der Waals surface area contributed by atoms with Crippen LogP contribution in [-0.2, 0) is 17.8 Å². The topological polar surface area (TPSA) is 26.2 Å². The second-order valence-electron chi connectivity index (χ2n) is 4.54. The van der Waals surface area contributed by atoms with Crippen molar-refractivity contribution in [3.05, 3.63) is 24.0 Å². The number of hydrogen-bond acceptors (Lipinski definition) is 2. The van der Waals surface area contributed by atoms with Crippen LogP contribution in [0.4, 0.5) is 0 Å². The van der Waals surface area contributed by atoms with Crippen LogP contribution in [-0.4, -0.2) is 23.8 Å². The van der Waals surface area contributed by atoms with Crippen molar-refractivity contribution in [1.29, 1.82) is 0 Å². The van der Waals surface area contributed by atoms with Crippen LogP contribution in [0.1, 0.15) is 31.7 Å². The monoisotopic (exact) mass is 222 g/mol. The molecule has 2 unspecified atom stereocenters. The summed E-state index contributed by atoms with van der Waals surface area (Å²) in [6.07, 6.45) is 8.49. The van der Waals surface area contributed by atoms with E-state index in [4.69, 9.17) is 4.74 Å². The van der Waals surface area contributed by atoms with Crippen LogP contribution in [0.2, 0.25) is 0 Å². The number of methoxy groups -OCH3 is 1. The van der Waals surface area contributed by atoms with E-state index < -0.39 is 0 Å². The van der Waals surface area contributed by atoms with Gasteiger partial charge in [-0.05, 0) is 37.8 Å². The Bertz CT molecular complexity index is 321. The smallest absolute Gasteiger partial charge is 0.0724 e. The first kappa shape index (κ1) is 11.7. The van der Waals surface area contributed by atoms with Crippen LogP contribution in [0, 0.1) is 0 Å². The number of hydrogen-bond donors (Lipinski definition) is 1. The van der Waals surface area contributed by atoms with E-state index in [2.05, 4.69) is 35.3 Å². The van der Waals surface area contributed by atoms with E-state index in [0.29, 0.717) is 12.1 Å². The van der Waals surface area contributed by atoms with Crippen LogP contribution >= 0.6 is 0 Å². The van der Waals surface area contributed by atoms with Gasteiger partial charge in [0, 0.05) is 38.6 Å². The average Bonchev–Trinajstić information content (AvgIpc) is 2.94. The summed E-state index contributed by atoms with van der Waals surface area (Å²) in [6, 6.07) is 2.72. The van der Waals surface area contributed by atoms with Gasteiger partial charge in [-0.1, -0.05) is 0 Å². The van der Waals surface area contributed by atoms with Crippen molar-refractivity contribution in [2.75, 3.05) is 7.11 Å². The molecule has 0 bridgehead atoms. The molecule has 1 aromatic rings. The molecular formula is C13H22N2O. The van der Waals surface area contributed by atoms with Gasteiger partial charge in [0.1, 0.15) is 0 Å². The van der Waals surface area contributed by atoms with Gasteiger partial charge in [-0.2, -0.15) is 0 Å². The van der Waals surface area contributed by atoms with Crippen molar-refractivity contribution < 1.29 is 4.74 Å². The highest BCUT2D eigenvalue weighted by molar-refractivity contribution is 5.10. The van der Waals surface area contributed by atoms with Crippen molar-refractivity contribution >= 4 is 0 Å². The molecule has 1 aromatic heterocycles. The molecule has 0 amide bonds. The summed E-state index contributed by atoms with van der Waals surface area (Å²) in [6.45, 7) is 4.16. The molecule has 16 heavy (non-hydrogen) atoms. The minimum absolute atomic E-state index is 0.410. The molecule has 1 saturated carbocycles. The highest BCUT2D eigenvalue weighted by Gasteiger charge is 2.26.